The number of hydrogen-bond donors (Lipinski definition) is 1. The average molecular weight is 471 g/mol. The number of sulfonamides is 1. The van der Waals surface area contributed by atoms with Gasteiger partial charge in [-0.2, -0.15) is 4.39 Å². The summed E-state index contributed by atoms with van der Waals surface area (Å²) >= 11 is 6.30. The van der Waals surface area contributed by atoms with Crippen molar-refractivity contribution in [2.75, 3.05) is 42.8 Å². The van der Waals surface area contributed by atoms with Crippen molar-refractivity contribution in [1.82, 2.24) is 9.88 Å². The summed E-state index contributed by atoms with van der Waals surface area (Å²) in [6.07, 6.45) is 1.14. The molecule has 10 heteroatoms. The average Bonchev–Trinajstić information content (AvgIpc) is 3.08. The quantitative estimate of drug-likeness (QED) is 0.671. The summed E-state index contributed by atoms with van der Waals surface area (Å²) < 4.78 is 56.2. The molecular weight excluding hydrogens is 446 g/mol. The van der Waals surface area contributed by atoms with Crippen LogP contribution in [0.5, 0.6) is 0 Å². The molecule has 2 aliphatic heterocycles. The fraction of sp³-hybridized carbons (Fsp3) is 0.476. The van der Waals surface area contributed by atoms with Gasteiger partial charge in [0.25, 0.3) is 10.0 Å². The van der Waals surface area contributed by atoms with E-state index in [1.807, 2.05) is 4.90 Å². The van der Waals surface area contributed by atoms with Crippen molar-refractivity contribution in [3.63, 3.8) is 0 Å². The summed E-state index contributed by atoms with van der Waals surface area (Å²) in [5.74, 6) is -1.53. The van der Waals surface area contributed by atoms with E-state index in [1.165, 1.54) is 19.1 Å². The zero-order valence-corrected chi connectivity index (χ0v) is 19.2. The molecule has 2 fully saturated rings. The van der Waals surface area contributed by atoms with E-state index in [-0.39, 0.29) is 21.8 Å². The third-order valence-electron chi connectivity index (χ3n) is 6.37. The van der Waals surface area contributed by atoms with Crippen LogP contribution in [0.15, 0.2) is 29.2 Å². The third kappa shape index (κ3) is 4.10. The van der Waals surface area contributed by atoms with Gasteiger partial charge in [0.2, 0.25) is 5.95 Å². The van der Waals surface area contributed by atoms with Gasteiger partial charge in [0.15, 0.2) is 5.82 Å². The molecule has 0 bridgehead atoms. The second-order valence-corrected chi connectivity index (χ2v) is 10.9. The van der Waals surface area contributed by atoms with Gasteiger partial charge < -0.3 is 9.80 Å². The topological polar surface area (TPSA) is 65.5 Å². The number of aryl methyl sites for hydroxylation is 1. The number of nitrogens with zero attached hydrogens (tertiary/aromatic N) is 3. The highest BCUT2D eigenvalue weighted by Gasteiger charge is 2.47. The molecule has 1 N–H and O–H groups in total. The summed E-state index contributed by atoms with van der Waals surface area (Å²) in [5, 5.41) is -0.233. The molecule has 0 saturated carbocycles. The van der Waals surface area contributed by atoms with Gasteiger partial charge in [0.1, 0.15) is 15.7 Å². The number of rotatable bonds is 5. The Hall–Kier alpha value is -1.97. The fourth-order valence-electron chi connectivity index (χ4n) is 4.69. The van der Waals surface area contributed by atoms with E-state index in [4.69, 9.17) is 11.6 Å². The van der Waals surface area contributed by atoms with Crippen molar-refractivity contribution >= 4 is 33.1 Å². The molecule has 0 amide bonds. The summed E-state index contributed by atoms with van der Waals surface area (Å²) in [6.45, 7) is 7.35. The number of pyridine rings is 1. The lowest BCUT2D eigenvalue weighted by Crippen LogP contribution is -2.59. The molecule has 1 atom stereocenters. The second kappa shape index (κ2) is 7.86. The van der Waals surface area contributed by atoms with Gasteiger partial charge in [-0.05, 0) is 56.6 Å². The van der Waals surface area contributed by atoms with Crippen molar-refractivity contribution in [3.05, 3.63) is 46.6 Å². The van der Waals surface area contributed by atoms with Crippen LogP contribution in [0.4, 0.5) is 20.3 Å². The fourth-order valence-corrected chi connectivity index (χ4v) is 6.33. The smallest absolute Gasteiger partial charge is 0.266 e. The normalized spacial score (nSPS) is 21.2. The molecule has 2 aliphatic rings. The summed E-state index contributed by atoms with van der Waals surface area (Å²) in [4.78, 5) is 7.22. The highest BCUT2D eigenvalue weighted by atomic mass is 35.5. The van der Waals surface area contributed by atoms with Gasteiger partial charge in [-0.25, -0.2) is 17.8 Å². The van der Waals surface area contributed by atoms with Crippen LogP contribution >= 0.6 is 11.6 Å². The molecule has 0 unspecified atom stereocenters. The lowest BCUT2D eigenvalue weighted by atomic mass is 9.70. The molecule has 0 radical (unpaired) electrons. The van der Waals surface area contributed by atoms with Crippen molar-refractivity contribution in [1.29, 1.82) is 0 Å². The largest absolute Gasteiger partial charge is 0.369 e. The first-order valence-electron chi connectivity index (χ1n) is 10.1. The lowest BCUT2D eigenvalue weighted by molar-refractivity contribution is 0.139. The maximum absolute atomic E-state index is 15.2. The van der Waals surface area contributed by atoms with Gasteiger partial charge in [-0.15, -0.1) is 0 Å². The number of nitrogens with one attached hydrogen (secondary N) is 1. The predicted molar refractivity (Wildman–Crippen MR) is 117 cm³/mol. The first kappa shape index (κ1) is 22.2. The van der Waals surface area contributed by atoms with Crippen LogP contribution < -0.4 is 9.62 Å². The Morgan fingerprint density at radius 2 is 2.00 bits per heavy atom. The Balaban J connectivity index is 1.58. The molecule has 2 aromatic rings. The molecular formula is C21H25ClF2N4O2S. The van der Waals surface area contributed by atoms with Gasteiger partial charge in [-0.1, -0.05) is 24.6 Å². The zero-order valence-electron chi connectivity index (χ0n) is 17.6. The van der Waals surface area contributed by atoms with Crippen molar-refractivity contribution in [2.24, 2.45) is 11.3 Å². The SMILES string of the molecule is Cc1cc(N2CC(C)([C@H]3CCN(C)C3)C2)c(Cl)c(F)c1S(=O)(=O)Nc1cccc(F)n1. The van der Waals surface area contributed by atoms with Crippen LogP contribution in [0.1, 0.15) is 18.9 Å². The van der Waals surface area contributed by atoms with E-state index in [9.17, 15) is 12.8 Å². The van der Waals surface area contributed by atoms with E-state index < -0.39 is 26.7 Å². The van der Waals surface area contributed by atoms with Crippen molar-refractivity contribution in [2.45, 2.75) is 25.2 Å². The molecule has 4 rings (SSSR count). The Morgan fingerprint density at radius 3 is 2.61 bits per heavy atom. The number of halogens is 3. The minimum atomic E-state index is -4.35. The second-order valence-electron chi connectivity index (χ2n) is 8.88. The van der Waals surface area contributed by atoms with E-state index >= 15 is 4.39 Å². The first-order chi connectivity index (χ1) is 14.5. The number of anilines is 2. The minimum absolute atomic E-state index is 0.119. The molecule has 0 spiro atoms. The van der Waals surface area contributed by atoms with Crippen LogP contribution in [0.3, 0.4) is 0 Å². The molecule has 168 valence electrons. The Kier molecular flexibility index (Phi) is 5.64. The Labute approximate surface area is 186 Å². The highest BCUT2D eigenvalue weighted by molar-refractivity contribution is 7.92. The number of hydrogen-bond acceptors (Lipinski definition) is 5. The molecule has 1 aromatic heterocycles. The maximum atomic E-state index is 15.2. The van der Waals surface area contributed by atoms with Crippen LogP contribution in [0, 0.1) is 30.0 Å². The van der Waals surface area contributed by atoms with Gasteiger partial charge in [0, 0.05) is 25.0 Å². The van der Waals surface area contributed by atoms with Gasteiger partial charge in [-0.3, -0.25) is 4.72 Å². The maximum Gasteiger partial charge on any atom is 0.266 e. The van der Waals surface area contributed by atoms with Gasteiger partial charge >= 0.3 is 0 Å². The van der Waals surface area contributed by atoms with E-state index in [2.05, 4.69) is 28.6 Å². The highest BCUT2D eigenvalue weighted by Crippen LogP contribution is 2.46. The van der Waals surface area contributed by atoms with Gasteiger partial charge in [0.05, 0.1) is 5.69 Å². The van der Waals surface area contributed by atoms with Crippen molar-refractivity contribution < 1.29 is 17.2 Å². The predicted octanol–water partition coefficient (Wildman–Crippen LogP) is 3.90. The molecule has 3 heterocycles. The third-order valence-corrected chi connectivity index (χ3v) is 8.25. The van der Waals surface area contributed by atoms with E-state index in [0.29, 0.717) is 11.6 Å². The first-order valence-corrected chi connectivity index (χ1v) is 11.9. The summed E-state index contributed by atoms with van der Waals surface area (Å²) in [7, 11) is -2.24. The lowest BCUT2D eigenvalue weighted by Gasteiger charge is -2.53. The van der Waals surface area contributed by atoms with Crippen LogP contribution in [-0.2, 0) is 10.0 Å². The number of benzene rings is 1. The number of aromatic nitrogens is 1. The molecule has 1 aromatic carbocycles. The van der Waals surface area contributed by atoms with E-state index in [0.717, 1.165) is 38.7 Å². The van der Waals surface area contributed by atoms with Crippen LogP contribution in [-0.4, -0.2) is 51.5 Å². The Morgan fingerprint density at radius 1 is 1.29 bits per heavy atom. The van der Waals surface area contributed by atoms with Crippen molar-refractivity contribution in [3.8, 4) is 0 Å². The molecule has 2 saturated heterocycles. The minimum Gasteiger partial charge on any atom is -0.369 e. The standard InChI is InChI=1S/C21H25ClF2N4O2S/c1-13-9-15(28-11-21(2,12-28)14-7-8-27(3)10-14)18(22)19(24)20(13)31(29,30)26-17-6-4-5-16(23)25-17/h4-6,9,14H,7-8,10-12H2,1-3H3,(H,25,26)/t14-/m0/s1. The monoisotopic (exact) mass is 470 g/mol. The Bertz CT molecular complexity index is 1120. The number of likely N-dealkylation sites (tertiary alicyclic amines) is 1. The molecule has 31 heavy (non-hydrogen) atoms. The zero-order chi connectivity index (χ0) is 22.6. The van der Waals surface area contributed by atoms with Crippen LogP contribution in [0.2, 0.25) is 5.02 Å². The molecule has 0 aliphatic carbocycles. The molecule has 6 nitrogen and oxygen atoms in total. The van der Waals surface area contributed by atoms with E-state index in [1.54, 1.807) is 6.07 Å². The summed E-state index contributed by atoms with van der Waals surface area (Å²) in [6, 6.07) is 5.27. The van der Waals surface area contributed by atoms with Crippen LogP contribution in [0.25, 0.3) is 0 Å². The summed E-state index contributed by atoms with van der Waals surface area (Å²) in [5.41, 5.74) is 0.826.